The second-order valence-corrected chi connectivity index (χ2v) is 12.0. The van der Waals surface area contributed by atoms with E-state index in [0.717, 1.165) is 15.4 Å². The zero-order valence-corrected chi connectivity index (χ0v) is 27.2. The van der Waals surface area contributed by atoms with Crippen molar-refractivity contribution in [1.82, 2.24) is 9.66 Å². The molecule has 216 valence electrons. The van der Waals surface area contributed by atoms with E-state index in [4.69, 9.17) is 42.1 Å². The molecule has 0 bridgehead atoms. The molecule has 0 aliphatic heterocycles. The fraction of sp³-hybridized carbons (Fsp3) is 0.0938. The molecule has 6 rings (SSSR count). The van der Waals surface area contributed by atoms with Gasteiger partial charge in [-0.3, -0.25) is 4.79 Å². The third-order valence-electron chi connectivity index (χ3n) is 6.49. The molecule has 4 aromatic carbocycles. The van der Waals surface area contributed by atoms with E-state index in [1.807, 2.05) is 49.4 Å². The first kappa shape index (κ1) is 29.4. The van der Waals surface area contributed by atoms with Crippen LogP contribution in [-0.2, 0) is 6.61 Å². The molecule has 0 saturated carbocycles. The zero-order valence-electron chi connectivity index (χ0n) is 22.5. The first-order chi connectivity index (χ1) is 20.8. The van der Waals surface area contributed by atoms with E-state index in [1.54, 1.807) is 42.6 Å². The summed E-state index contributed by atoms with van der Waals surface area (Å²) in [5.74, 6) is 1.68. The van der Waals surface area contributed by atoms with E-state index >= 15 is 0 Å². The van der Waals surface area contributed by atoms with Crippen molar-refractivity contribution in [2.24, 2.45) is 5.10 Å². The first-order valence-corrected chi connectivity index (χ1v) is 15.4. The van der Waals surface area contributed by atoms with Crippen molar-refractivity contribution in [3.63, 3.8) is 0 Å². The Bertz CT molecular complexity index is 2090. The van der Waals surface area contributed by atoms with Crippen molar-refractivity contribution in [2.45, 2.75) is 13.5 Å². The summed E-state index contributed by atoms with van der Waals surface area (Å²) in [4.78, 5) is 18.4. The molecule has 2 heterocycles. The summed E-state index contributed by atoms with van der Waals surface area (Å²) in [5, 5.41) is 6.93. The summed E-state index contributed by atoms with van der Waals surface area (Å²) in [7, 11) is 0. The summed E-state index contributed by atoms with van der Waals surface area (Å²) in [6.07, 6.45) is 1.56. The molecule has 0 atom stereocenters. The minimum absolute atomic E-state index is 0.206. The van der Waals surface area contributed by atoms with Gasteiger partial charge in [0.15, 0.2) is 17.3 Å². The molecule has 43 heavy (non-hydrogen) atoms. The second-order valence-electron chi connectivity index (χ2n) is 9.39. The molecular formula is C32H21Br2Cl2N3O4. The van der Waals surface area contributed by atoms with Gasteiger partial charge in [0.25, 0.3) is 5.56 Å². The summed E-state index contributed by atoms with van der Waals surface area (Å²) in [6, 6.07) is 23.5. The Balaban J connectivity index is 1.40. The van der Waals surface area contributed by atoms with Gasteiger partial charge >= 0.3 is 0 Å². The van der Waals surface area contributed by atoms with Crippen molar-refractivity contribution in [2.75, 3.05) is 6.61 Å². The predicted molar refractivity (Wildman–Crippen MR) is 178 cm³/mol. The van der Waals surface area contributed by atoms with Crippen molar-refractivity contribution in [3.05, 3.63) is 119 Å². The summed E-state index contributed by atoms with van der Waals surface area (Å²) in [5.41, 5.74) is 2.31. The Morgan fingerprint density at radius 2 is 1.84 bits per heavy atom. The largest absolute Gasteiger partial charge is 0.490 e. The van der Waals surface area contributed by atoms with Crippen molar-refractivity contribution in [1.29, 1.82) is 0 Å². The van der Waals surface area contributed by atoms with Crippen LogP contribution in [0, 0.1) is 0 Å². The Morgan fingerprint density at radius 1 is 1.00 bits per heavy atom. The molecule has 2 aromatic heterocycles. The van der Waals surface area contributed by atoms with Gasteiger partial charge in [-0.25, -0.2) is 4.98 Å². The molecule has 0 aliphatic rings. The van der Waals surface area contributed by atoms with Gasteiger partial charge in [-0.2, -0.15) is 9.78 Å². The lowest BCUT2D eigenvalue weighted by Gasteiger charge is -2.15. The van der Waals surface area contributed by atoms with Crippen LogP contribution >= 0.6 is 55.1 Å². The van der Waals surface area contributed by atoms with E-state index in [9.17, 15) is 4.79 Å². The quantitative estimate of drug-likeness (QED) is 0.145. The number of halogens is 4. The normalized spacial score (nSPS) is 11.6. The highest BCUT2D eigenvalue weighted by atomic mass is 79.9. The van der Waals surface area contributed by atoms with Gasteiger partial charge in [0, 0.05) is 25.5 Å². The van der Waals surface area contributed by atoms with Crippen LogP contribution in [0.1, 0.15) is 18.1 Å². The lowest BCUT2D eigenvalue weighted by atomic mass is 10.2. The average Bonchev–Trinajstić information content (AvgIpc) is 3.40. The molecule has 0 N–H and O–H groups in total. The van der Waals surface area contributed by atoms with Gasteiger partial charge in [-0.15, -0.1) is 0 Å². The van der Waals surface area contributed by atoms with Crippen LogP contribution in [0.25, 0.3) is 33.5 Å². The standard InChI is InChI=1S/C32H21Br2Cl2N3O4/c1-2-41-28-12-18(11-24(34)30(28)42-17-19-7-9-22(35)15-25(19)36)16-37-39-31(38-26-6-4-3-5-23(26)32(39)40)29-14-20-13-21(33)8-10-27(20)43-29/h3-16H,2,17H2,1H3. The Morgan fingerprint density at radius 3 is 2.65 bits per heavy atom. The first-order valence-electron chi connectivity index (χ1n) is 13.1. The van der Waals surface area contributed by atoms with Crippen molar-refractivity contribution < 1.29 is 13.9 Å². The van der Waals surface area contributed by atoms with Crippen LogP contribution in [0.15, 0.2) is 102 Å². The lowest BCUT2D eigenvalue weighted by Crippen LogP contribution is -2.20. The Labute approximate surface area is 272 Å². The summed E-state index contributed by atoms with van der Waals surface area (Å²) in [6.45, 7) is 2.50. The average molecular weight is 742 g/mol. The smallest absolute Gasteiger partial charge is 0.282 e. The van der Waals surface area contributed by atoms with Gasteiger partial charge in [-0.1, -0.05) is 57.3 Å². The molecule has 0 fully saturated rings. The number of ether oxygens (including phenoxy) is 2. The Kier molecular flexibility index (Phi) is 8.59. The number of benzene rings is 4. The molecule has 6 aromatic rings. The van der Waals surface area contributed by atoms with Crippen molar-refractivity contribution >= 4 is 83.1 Å². The molecule has 0 saturated heterocycles. The maximum absolute atomic E-state index is 13.7. The summed E-state index contributed by atoms with van der Waals surface area (Å²) < 4.78 is 20.9. The molecule has 0 spiro atoms. The van der Waals surface area contributed by atoms with Gasteiger partial charge in [0.05, 0.1) is 28.2 Å². The maximum Gasteiger partial charge on any atom is 0.282 e. The van der Waals surface area contributed by atoms with Crippen LogP contribution in [0.3, 0.4) is 0 Å². The van der Waals surface area contributed by atoms with Crippen LogP contribution < -0.4 is 15.0 Å². The number of hydrogen-bond donors (Lipinski definition) is 0. The number of fused-ring (bicyclic) bond motifs is 2. The highest BCUT2D eigenvalue weighted by Gasteiger charge is 2.18. The molecule has 0 unspecified atom stereocenters. The fourth-order valence-corrected chi connectivity index (χ4v) is 5.91. The monoisotopic (exact) mass is 739 g/mol. The van der Waals surface area contributed by atoms with E-state index in [1.165, 1.54) is 4.68 Å². The molecule has 0 aliphatic carbocycles. The van der Waals surface area contributed by atoms with Crippen molar-refractivity contribution in [3.8, 4) is 23.1 Å². The molecular weight excluding hydrogens is 721 g/mol. The van der Waals surface area contributed by atoms with E-state index in [-0.39, 0.29) is 18.0 Å². The van der Waals surface area contributed by atoms with E-state index < -0.39 is 0 Å². The minimum atomic E-state index is -0.331. The number of rotatable bonds is 8. The molecule has 7 nitrogen and oxygen atoms in total. The fourth-order valence-electron chi connectivity index (χ4n) is 4.49. The Hall–Kier alpha value is -3.63. The third kappa shape index (κ3) is 6.21. The predicted octanol–water partition coefficient (Wildman–Crippen LogP) is 9.50. The number of para-hydroxylation sites is 1. The second kappa shape index (κ2) is 12.5. The van der Waals surface area contributed by atoms with Crippen LogP contribution in [0.2, 0.25) is 10.0 Å². The van der Waals surface area contributed by atoms with Crippen LogP contribution in [0.4, 0.5) is 0 Å². The SMILES string of the molecule is CCOc1cc(C=Nn2c(-c3cc4cc(Br)ccc4o3)nc3ccccc3c2=O)cc(Br)c1OCc1ccc(Cl)cc1Cl. The van der Waals surface area contributed by atoms with Gasteiger partial charge in [0.1, 0.15) is 12.2 Å². The molecule has 11 heteroatoms. The van der Waals surface area contributed by atoms with E-state index in [0.29, 0.717) is 60.4 Å². The van der Waals surface area contributed by atoms with Crippen LogP contribution in [0.5, 0.6) is 11.5 Å². The highest BCUT2D eigenvalue weighted by molar-refractivity contribution is 9.10. The summed E-state index contributed by atoms with van der Waals surface area (Å²) >= 11 is 19.5. The number of nitrogens with zero attached hydrogens (tertiary/aromatic N) is 3. The highest BCUT2D eigenvalue weighted by Crippen LogP contribution is 2.38. The topological polar surface area (TPSA) is 78.9 Å². The van der Waals surface area contributed by atoms with Gasteiger partial charge in [-0.05, 0) is 89.1 Å². The molecule has 0 radical (unpaired) electrons. The molecule has 0 amide bonds. The number of hydrogen-bond acceptors (Lipinski definition) is 6. The third-order valence-corrected chi connectivity index (χ3v) is 8.16. The van der Waals surface area contributed by atoms with Gasteiger partial charge < -0.3 is 13.9 Å². The number of furan rings is 1. The number of aromatic nitrogens is 2. The van der Waals surface area contributed by atoms with Gasteiger partial charge in [0.2, 0.25) is 5.82 Å². The lowest BCUT2D eigenvalue weighted by molar-refractivity contribution is 0.267. The van der Waals surface area contributed by atoms with Crippen LogP contribution in [-0.4, -0.2) is 22.5 Å². The maximum atomic E-state index is 13.7. The van der Waals surface area contributed by atoms with E-state index in [2.05, 4.69) is 37.0 Å². The minimum Gasteiger partial charge on any atom is -0.490 e. The zero-order chi connectivity index (χ0) is 30.1.